The standard InChI is InChI=1S/C20H30/c1-4-6-7-8-9-12-18-15-17(5-2)16(3)19-13-10-11-14-20(18)19/h10-11,13-17H,4-9,12H2,1-3H3. The van der Waals surface area contributed by atoms with Crippen LogP contribution in [0.1, 0.15) is 82.8 Å². The predicted octanol–water partition coefficient (Wildman–Crippen LogP) is 6.57. The van der Waals surface area contributed by atoms with E-state index in [1.807, 2.05) is 0 Å². The molecule has 0 N–H and O–H groups in total. The van der Waals surface area contributed by atoms with Gasteiger partial charge in [-0.05, 0) is 47.8 Å². The molecule has 0 nitrogen and oxygen atoms in total. The molecule has 1 aliphatic rings. The van der Waals surface area contributed by atoms with Gasteiger partial charge in [0.15, 0.2) is 0 Å². The van der Waals surface area contributed by atoms with E-state index in [0.717, 1.165) is 5.92 Å². The molecule has 0 bridgehead atoms. The molecule has 2 unspecified atom stereocenters. The van der Waals surface area contributed by atoms with Crippen LogP contribution in [0.3, 0.4) is 0 Å². The smallest absolute Gasteiger partial charge is 0.0121 e. The van der Waals surface area contributed by atoms with Crippen molar-refractivity contribution in [3.8, 4) is 0 Å². The van der Waals surface area contributed by atoms with Crippen molar-refractivity contribution in [2.24, 2.45) is 5.92 Å². The van der Waals surface area contributed by atoms with Gasteiger partial charge in [-0.1, -0.05) is 76.8 Å². The molecule has 0 heterocycles. The Balaban J connectivity index is 2.06. The monoisotopic (exact) mass is 270 g/mol. The molecule has 0 saturated heterocycles. The molecule has 0 saturated carbocycles. The van der Waals surface area contributed by atoms with Gasteiger partial charge in [-0.15, -0.1) is 0 Å². The van der Waals surface area contributed by atoms with Crippen molar-refractivity contribution in [2.45, 2.75) is 71.6 Å². The maximum Gasteiger partial charge on any atom is -0.0121 e. The van der Waals surface area contributed by atoms with Crippen molar-refractivity contribution >= 4 is 5.57 Å². The lowest BCUT2D eigenvalue weighted by Gasteiger charge is -2.30. The molecule has 0 radical (unpaired) electrons. The first-order chi connectivity index (χ1) is 9.77. The van der Waals surface area contributed by atoms with E-state index in [4.69, 9.17) is 0 Å². The van der Waals surface area contributed by atoms with E-state index >= 15 is 0 Å². The van der Waals surface area contributed by atoms with Crippen molar-refractivity contribution in [2.75, 3.05) is 0 Å². The highest BCUT2D eigenvalue weighted by molar-refractivity contribution is 5.71. The van der Waals surface area contributed by atoms with Crippen LogP contribution < -0.4 is 0 Å². The van der Waals surface area contributed by atoms with E-state index in [9.17, 15) is 0 Å². The summed E-state index contributed by atoms with van der Waals surface area (Å²) in [5.41, 5.74) is 4.72. The van der Waals surface area contributed by atoms with E-state index in [0.29, 0.717) is 5.92 Å². The molecule has 1 aliphatic carbocycles. The Labute approximate surface area is 125 Å². The van der Waals surface area contributed by atoms with Gasteiger partial charge in [0.2, 0.25) is 0 Å². The topological polar surface area (TPSA) is 0 Å². The van der Waals surface area contributed by atoms with Gasteiger partial charge in [-0.25, -0.2) is 0 Å². The van der Waals surface area contributed by atoms with Gasteiger partial charge in [-0.2, -0.15) is 0 Å². The molecule has 2 rings (SSSR count). The van der Waals surface area contributed by atoms with E-state index < -0.39 is 0 Å². The summed E-state index contributed by atoms with van der Waals surface area (Å²) < 4.78 is 0. The van der Waals surface area contributed by atoms with Gasteiger partial charge in [0.25, 0.3) is 0 Å². The number of fused-ring (bicyclic) bond motifs is 1. The van der Waals surface area contributed by atoms with Gasteiger partial charge < -0.3 is 0 Å². The number of allylic oxidation sites excluding steroid dienone is 2. The molecule has 0 spiro atoms. The SMILES string of the molecule is CCCCCCCC1=CC(CC)C(C)c2ccccc21. The molecular formula is C20H30. The number of hydrogen-bond donors (Lipinski definition) is 0. The van der Waals surface area contributed by atoms with Crippen molar-refractivity contribution in [1.29, 1.82) is 0 Å². The second kappa shape index (κ2) is 7.67. The molecule has 0 heteroatoms. The predicted molar refractivity (Wildman–Crippen MR) is 90.0 cm³/mol. The summed E-state index contributed by atoms with van der Waals surface area (Å²) in [5.74, 6) is 1.41. The van der Waals surface area contributed by atoms with Crippen molar-refractivity contribution < 1.29 is 0 Å². The normalized spacial score (nSPS) is 21.4. The fraction of sp³-hybridized carbons (Fsp3) is 0.600. The summed E-state index contributed by atoms with van der Waals surface area (Å²) in [6.07, 6.45) is 12.0. The van der Waals surface area contributed by atoms with E-state index in [2.05, 4.69) is 51.1 Å². The minimum atomic E-state index is 0.681. The zero-order valence-corrected chi connectivity index (χ0v) is 13.5. The Morgan fingerprint density at radius 1 is 0.950 bits per heavy atom. The van der Waals surface area contributed by atoms with Crippen LogP contribution in [-0.2, 0) is 0 Å². The van der Waals surface area contributed by atoms with Crippen molar-refractivity contribution in [3.05, 3.63) is 41.5 Å². The lowest BCUT2D eigenvalue weighted by Crippen LogP contribution is -2.14. The zero-order chi connectivity index (χ0) is 14.4. The number of unbranched alkanes of at least 4 members (excludes halogenated alkanes) is 4. The van der Waals surface area contributed by atoms with Crippen LogP contribution in [0.5, 0.6) is 0 Å². The van der Waals surface area contributed by atoms with Crippen LogP contribution in [0.4, 0.5) is 0 Å². The first kappa shape index (κ1) is 15.4. The fourth-order valence-electron chi connectivity index (χ4n) is 3.52. The zero-order valence-electron chi connectivity index (χ0n) is 13.5. The van der Waals surface area contributed by atoms with E-state index in [1.165, 1.54) is 50.5 Å². The summed E-state index contributed by atoms with van der Waals surface area (Å²) >= 11 is 0. The maximum atomic E-state index is 2.58. The van der Waals surface area contributed by atoms with Gasteiger partial charge >= 0.3 is 0 Å². The van der Waals surface area contributed by atoms with Crippen LogP contribution in [0.15, 0.2) is 30.3 Å². The Morgan fingerprint density at radius 3 is 2.45 bits per heavy atom. The first-order valence-corrected chi connectivity index (χ1v) is 8.57. The molecule has 1 aromatic carbocycles. The first-order valence-electron chi connectivity index (χ1n) is 8.57. The van der Waals surface area contributed by atoms with Crippen LogP contribution >= 0.6 is 0 Å². The third-order valence-corrected chi connectivity index (χ3v) is 4.88. The average molecular weight is 270 g/mol. The molecule has 2 atom stereocenters. The third-order valence-electron chi connectivity index (χ3n) is 4.88. The van der Waals surface area contributed by atoms with E-state index in [1.54, 1.807) is 11.1 Å². The van der Waals surface area contributed by atoms with E-state index in [-0.39, 0.29) is 0 Å². The van der Waals surface area contributed by atoms with Gasteiger partial charge in [-0.3, -0.25) is 0 Å². The van der Waals surface area contributed by atoms with Gasteiger partial charge in [0.05, 0.1) is 0 Å². The Hall–Kier alpha value is -1.04. The summed E-state index contributed by atoms with van der Waals surface area (Å²) in [4.78, 5) is 0. The highest BCUT2D eigenvalue weighted by Gasteiger charge is 2.24. The molecule has 0 aliphatic heterocycles. The molecule has 0 amide bonds. The second-order valence-electron chi connectivity index (χ2n) is 6.30. The third kappa shape index (κ3) is 3.53. The molecule has 0 fully saturated rings. The molecule has 1 aromatic rings. The second-order valence-corrected chi connectivity index (χ2v) is 6.30. The lowest BCUT2D eigenvalue weighted by atomic mass is 9.75. The average Bonchev–Trinajstić information content (AvgIpc) is 2.49. The van der Waals surface area contributed by atoms with Crippen LogP contribution in [-0.4, -0.2) is 0 Å². The Bertz CT molecular complexity index is 441. The van der Waals surface area contributed by atoms with Crippen LogP contribution in [0.25, 0.3) is 5.57 Å². The molecule has 0 aromatic heterocycles. The summed E-state index contributed by atoms with van der Waals surface area (Å²) in [6, 6.07) is 9.07. The van der Waals surface area contributed by atoms with Crippen molar-refractivity contribution in [3.63, 3.8) is 0 Å². The summed E-state index contributed by atoms with van der Waals surface area (Å²) in [5, 5.41) is 0. The highest BCUT2D eigenvalue weighted by Crippen LogP contribution is 2.40. The summed E-state index contributed by atoms with van der Waals surface area (Å²) in [7, 11) is 0. The van der Waals surface area contributed by atoms with Crippen molar-refractivity contribution in [1.82, 2.24) is 0 Å². The van der Waals surface area contributed by atoms with Gasteiger partial charge in [0.1, 0.15) is 0 Å². The number of benzene rings is 1. The highest BCUT2D eigenvalue weighted by atomic mass is 14.3. The maximum absolute atomic E-state index is 2.58. The quantitative estimate of drug-likeness (QED) is 0.491. The lowest BCUT2D eigenvalue weighted by molar-refractivity contribution is 0.516. The molecular weight excluding hydrogens is 240 g/mol. The Kier molecular flexibility index (Phi) is 5.88. The van der Waals surface area contributed by atoms with Gasteiger partial charge in [0, 0.05) is 0 Å². The molecule has 110 valence electrons. The fourth-order valence-corrected chi connectivity index (χ4v) is 3.52. The van der Waals surface area contributed by atoms with Crippen LogP contribution in [0.2, 0.25) is 0 Å². The number of rotatable bonds is 7. The van der Waals surface area contributed by atoms with Crippen LogP contribution in [0, 0.1) is 5.92 Å². The summed E-state index contributed by atoms with van der Waals surface area (Å²) in [6.45, 7) is 7.00. The molecule has 20 heavy (non-hydrogen) atoms. The Morgan fingerprint density at radius 2 is 1.70 bits per heavy atom. The largest absolute Gasteiger partial charge is 0.0770 e. The number of hydrogen-bond acceptors (Lipinski definition) is 0. The minimum Gasteiger partial charge on any atom is -0.0770 e. The minimum absolute atomic E-state index is 0.681.